The van der Waals surface area contributed by atoms with Crippen LogP contribution in [0.25, 0.3) is 0 Å². The van der Waals surface area contributed by atoms with Crippen LogP contribution in [0.5, 0.6) is 0 Å². The summed E-state index contributed by atoms with van der Waals surface area (Å²) in [6.07, 6.45) is 12.3. The molecule has 0 N–H and O–H groups in total. The fourth-order valence-corrected chi connectivity index (χ4v) is 2.88. The SMILES string of the molecule is C/C=C(\CC)CC(CC)C1CCCC1. The third-order valence-corrected chi connectivity index (χ3v) is 3.98. The molecular weight excluding hydrogens is 168 g/mol. The Morgan fingerprint density at radius 2 is 1.93 bits per heavy atom. The molecule has 0 amide bonds. The Bertz CT molecular complexity index is 172. The van der Waals surface area contributed by atoms with Gasteiger partial charge >= 0.3 is 0 Å². The van der Waals surface area contributed by atoms with Crippen molar-refractivity contribution in [2.75, 3.05) is 0 Å². The highest BCUT2D eigenvalue weighted by Crippen LogP contribution is 2.36. The number of hydrogen-bond donors (Lipinski definition) is 0. The first-order valence-corrected chi connectivity index (χ1v) is 6.45. The van der Waals surface area contributed by atoms with Gasteiger partial charge in [-0.2, -0.15) is 0 Å². The quantitative estimate of drug-likeness (QED) is 0.543. The van der Waals surface area contributed by atoms with Gasteiger partial charge in [-0.3, -0.25) is 0 Å². The van der Waals surface area contributed by atoms with Gasteiger partial charge in [0.25, 0.3) is 0 Å². The Hall–Kier alpha value is -0.260. The summed E-state index contributed by atoms with van der Waals surface area (Å²) < 4.78 is 0. The van der Waals surface area contributed by atoms with E-state index in [1.54, 1.807) is 5.57 Å². The number of hydrogen-bond acceptors (Lipinski definition) is 0. The average molecular weight is 194 g/mol. The van der Waals surface area contributed by atoms with Crippen molar-refractivity contribution < 1.29 is 0 Å². The average Bonchev–Trinajstić information content (AvgIpc) is 2.73. The summed E-state index contributed by atoms with van der Waals surface area (Å²) in [7, 11) is 0. The predicted molar refractivity (Wildman–Crippen MR) is 64.4 cm³/mol. The highest BCUT2D eigenvalue weighted by Gasteiger charge is 2.23. The van der Waals surface area contributed by atoms with Gasteiger partial charge in [0.05, 0.1) is 0 Å². The molecule has 1 fully saturated rings. The Balaban J connectivity index is 2.44. The molecule has 1 rings (SSSR count). The number of allylic oxidation sites excluding steroid dienone is 2. The molecule has 0 aromatic carbocycles. The van der Waals surface area contributed by atoms with Crippen LogP contribution in [0.15, 0.2) is 11.6 Å². The monoisotopic (exact) mass is 194 g/mol. The van der Waals surface area contributed by atoms with Crippen molar-refractivity contribution in [2.24, 2.45) is 11.8 Å². The second-order valence-corrected chi connectivity index (χ2v) is 4.72. The Labute approximate surface area is 89.8 Å². The summed E-state index contributed by atoms with van der Waals surface area (Å²) in [4.78, 5) is 0. The molecule has 0 aliphatic heterocycles. The van der Waals surface area contributed by atoms with Crippen molar-refractivity contribution in [3.8, 4) is 0 Å². The molecule has 0 aromatic rings. The van der Waals surface area contributed by atoms with E-state index in [9.17, 15) is 0 Å². The lowest BCUT2D eigenvalue weighted by atomic mass is 9.83. The molecule has 0 nitrogen and oxygen atoms in total. The topological polar surface area (TPSA) is 0 Å². The second-order valence-electron chi connectivity index (χ2n) is 4.72. The van der Waals surface area contributed by atoms with E-state index in [1.165, 1.54) is 44.9 Å². The molecule has 0 saturated heterocycles. The predicted octanol–water partition coefficient (Wildman–Crippen LogP) is 4.95. The molecule has 0 spiro atoms. The fourth-order valence-electron chi connectivity index (χ4n) is 2.88. The van der Waals surface area contributed by atoms with Crippen molar-refractivity contribution in [1.82, 2.24) is 0 Å². The van der Waals surface area contributed by atoms with E-state index < -0.39 is 0 Å². The minimum Gasteiger partial charge on any atom is -0.0885 e. The van der Waals surface area contributed by atoms with Gasteiger partial charge < -0.3 is 0 Å². The Morgan fingerprint density at radius 1 is 1.29 bits per heavy atom. The van der Waals surface area contributed by atoms with Gasteiger partial charge in [-0.15, -0.1) is 0 Å². The zero-order valence-electron chi connectivity index (χ0n) is 10.2. The highest BCUT2D eigenvalue weighted by molar-refractivity contribution is 5.01. The second kappa shape index (κ2) is 6.27. The van der Waals surface area contributed by atoms with Gasteiger partial charge in [-0.25, -0.2) is 0 Å². The summed E-state index contributed by atoms with van der Waals surface area (Å²) in [5, 5.41) is 0. The standard InChI is InChI=1S/C14H26/c1-4-12(5-2)11-13(6-3)14-9-7-8-10-14/h4,13-14H,5-11H2,1-3H3/b12-4+. The lowest BCUT2D eigenvalue weighted by Gasteiger charge is -2.22. The molecule has 0 heteroatoms. The van der Waals surface area contributed by atoms with Crippen LogP contribution in [0.2, 0.25) is 0 Å². The molecule has 0 aromatic heterocycles. The van der Waals surface area contributed by atoms with E-state index >= 15 is 0 Å². The van der Waals surface area contributed by atoms with Crippen LogP contribution in [-0.2, 0) is 0 Å². The Morgan fingerprint density at radius 3 is 2.36 bits per heavy atom. The largest absolute Gasteiger partial charge is 0.0885 e. The van der Waals surface area contributed by atoms with Crippen LogP contribution in [0.4, 0.5) is 0 Å². The zero-order chi connectivity index (χ0) is 10.4. The van der Waals surface area contributed by atoms with Crippen molar-refractivity contribution in [2.45, 2.75) is 65.7 Å². The van der Waals surface area contributed by atoms with Crippen molar-refractivity contribution in [1.29, 1.82) is 0 Å². The fraction of sp³-hybridized carbons (Fsp3) is 0.857. The van der Waals surface area contributed by atoms with Crippen LogP contribution in [0.3, 0.4) is 0 Å². The molecule has 0 heterocycles. The van der Waals surface area contributed by atoms with E-state index in [2.05, 4.69) is 26.8 Å². The zero-order valence-corrected chi connectivity index (χ0v) is 10.2. The molecule has 1 unspecified atom stereocenters. The van der Waals surface area contributed by atoms with Crippen molar-refractivity contribution in [3.63, 3.8) is 0 Å². The first-order valence-electron chi connectivity index (χ1n) is 6.45. The summed E-state index contributed by atoms with van der Waals surface area (Å²) >= 11 is 0. The van der Waals surface area contributed by atoms with Crippen molar-refractivity contribution in [3.05, 3.63) is 11.6 Å². The number of rotatable bonds is 5. The van der Waals surface area contributed by atoms with Crippen LogP contribution >= 0.6 is 0 Å². The van der Waals surface area contributed by atoms with Gasteiger partial charge in [-0.1, -0.05) is 57.6 Å². The van der Waals surface area contributed by atoms with Gasteiger partial charge in [0.2, 0.25) is 0 Å². The lowest BCUT2D eigenvalue weighted by molar-refractivity contribution is 0.324. The van der Waals surface area contributed by atoms with Crippen LogP contribution < -0.4 is 0 Å². The van der Waals surface area contributed by atoms with E-state index in [-0.39, 0.29) is 0 Å². The third kappa shape index (κ3) is 3.15. The molecule has 82 valence electrons. The highest BCUT2D eigenvalue weighted by atomic mass is 14.3. The van der Waals surface area contributed by atoms with E-state index in [1.807, 2.05) is 0 Å². The maximum Gasteiger partial charge on any atom is -0.0289 e. The minimum absolute atomic E-state index is 0.976. The van der Waals surface area contributed by atoms with Gasteiger partial charge in [0, 0.05) is 0 Å². The molecule has 1 atom stereocenters. The van der Waals surface area contributed by atoms with Crippen LogP contribution in [-0.4, -0.2) is 0 Å². The molecule has 0 radical (unpaired) electrons. The maximum atomic E-state index is 2.37. The molecule has 1 aliphatic rings. The van der Waals surface area contributed by atoms with E-state index in [0.717, 1.165) is 11.8 Å². The normalized spacial score (nSPS) is 21.5. The van der Waals surface area contributed by atoms with Crippen LogP contribution in [0.1, 0.15) is 65.7 Å². The lowest BCUT2D eigenvalue weighted by Crippen LogP contribution is -2.11. The Kier molecular flexibility index (Phi) is 5.29. The maximum absolute atomic E-state index is 2.37. The summed E-state index contributed by atoms with van der Waals surface area (Å²) in [6.45, 7) is 6.85. The molecule has 1 aliphatic carbocycles. The van der Waals surface area contributed by atoms with Gasteiger partial charge in [-0.05, 0) is 31.6 Å². The smallest absolute Gasteiger partial charge is 0.0289 e. The summed E-state index contributed by atoms with van der Waals surface area (Å²) in [6, 6.07) is 0. The van der Waals surface area contributed by atoms with Crippen LogP contribution in [0, 0.1) is 11.8 Å². The van der Waals surface area contributed by atoms with Gasteiger partial charge in [0.1, 0.15) is 0 Å². The van der Waals surface area contributed by atoms with Crippen molar-refractivity contribution >= 4 is 0 Å². The minimum atomic E-state index is 0.976. The summed E-state index contributed by atoms with van der Waals surface area (Å²) in [5.41, 5.74) is 1.67. The molecule has 14 heavy (non-hydrogen) atoms. The third-order valence-electron chi connectivity index (χ3n) is 3.98. The first kappa shape index (κ1) is 11.8. The molecule has 0 bridgehead atoms. The first-order chi connectivity index (χ1) is 6.81. The van der Waals surface area contributed by atoms with E-state index in [4.69, 9.17) is 0 Å². The van der Waals surface area contributed by atoms with Gasteiger partial charge in [0.15, 0.2) is 0 Å². The molecular formula is C14H26. The molecule has 1 saturated carbocycles. The summed E-state index contributed by atoms with van der Waals surface area (Å²) in [5.74, 6) is 2.02. The van der Waals surface area contributed by atoms with E-state index in [0.29, 0.717) is 0 Å².